The molecule has 3 aliphatic rings. The molecule has 6 rings (SSSR count). The maximum atomic E-state index is 5.08. The van der Waals surface area contributed by atoms with Crippen molar-refractivity contribution in [1.29, 1.82) is 0 Å². The standard InChI is InChI=1S/C27H31N5/c1-4-16-32(17-5-1)21-10-8-20(9-11-21)30-27-29-18-24-22-6-2-3-7-23(22)25(26(24)31-27)19-12-14-28-15-13-19/h2-3,6-11,18-19,25,28H,1,4-5,12-17H2,(H,29,30,31). The van der Waals surface area contributed by atoms with Crippen LogP contribution in [0.4, 0.5) is 17.3 Å². The van der Waals surface area contributed by atoms with E-state index in [4.69, 9.17) is 9.97 Å². The summed E-state index contributed by atoms with van der Waals surface area (Å²) in [4.78, 5) is 12.3. The molecule has 2 fully saturated rings. The minimum atomic E-state index is 0.369. The number of hydrogen-bond donors (Lipinski definition) is 2. The molecule has 32 heavy (non-hydrogen) atoms. The molecule has 0 amide bonds. The quantitative estimate of drug-likeness (QED) is 0.592. The zero-order chi connectivity index (χ0) is 21.3. The molecule has 2 N–H and O–H groups in total. The molecule has 1 aliphatic carbocycles. The number of rotatable bonds is 4. The van der Waals surface area contributed by atoms with Gasteiger partial charge in [-0.25, -0.2) is 9.97 Å². The van der Waals surface area contributed by atoms with E-state index in [-0.39, 0.29) is 0 Å². The maximum absolute atomic E-state index is 5.08. The van der Waals surface area contributed by atoms with E-state index < -0.39 is 0 Å². The second-order valence-corrected chi connectivity index (χ2v) is 9.36. The molecule has 5 nitrogen and oxygen atoms in total. The fourth-order valence-electron chi connectivity index (χ4n) is 5.75. The third-order valence-corrected chi connectivity index (χ3v) is 7.40. The van der Waals surface area contributed by atoms with E-state index in [9.17, 15) is 0 Å². The van der Waals surface area contributed by atoms with Gasteiger partial charge in [0.2, 0.25) is 5.95 Å². The van der Waals surface area contributed by atoms with Gasteiger partial charge >= 0.3 is 0 Å². The van der Waals surface area contributed by atoms with Gasteiger partial charge in [-0.2, -0.15) is 0 Å². The summed E-state index contributed by atoms with van der Waals surface area (Å²) in [6.07, 6.45) is 8.36. The molecule has 3 heterocycles. The molecule has 1 aromatic heterocycles. The highest BCUT2D eigenvalue weighted by Gasteiger charge is 2.36. The lowest BCUT2D eigenvalue weighted by molar-refractivity contribution is 0.342. The average Bonchev–Trinajstić information content (AvgIpc) is 3.19. The number of aromatic nitrogens is 2. The van der Waals surface area contributed by atoms with Crippen LogP contribution in [0.25, 0.3) is 11.1 Å². The normalized spacial score (nSPS) is 20.6. The molecule has 2 aromatic carbocycles. The predicted octanol–water partition coefficient (Wildman–Crippen LogP) is 5.32. The van der Waals surface area contributed by atoms with E-state index in [0.717, 1.165) is 18.8 Å². The van der Waals surface area contributed by atoms with Crippen molar-refractivity contribution in [3.8, 4) is 11.1 Å². The SMILES string of the molecule is c1ccc2c(c1)-c1cnc(Nc3ccc(N4CCCCC4)cc3)nc1C2C1CCNCC1. The van der Waals surface area contributed by atoms with E-state index in [1.807, 2.05) is 6.20 Å². The first-order valence-corrected chi connectivity index (χ1v) is 12.2. The average molecular weight is 426 g/mol. The first kappa shape index (κ1) is 19.7. The van der Waals surface area contributed by atoms with Gasteiger partial charge in [0.15, 0.2) is 0 Å². The summed E-state index contributed by atoms with van der Waals surface area (Å²) in [5, 5.41) is 6.97. The van der Waals surface area contributed by atoms with E-state index in [1.54, 1.807) is 0 Å². The molecule has 0 spiro atoms. The van der Waals surface area contributed by atoms with Crippen LogP contribution in [-0.4, -0.2) is 36.1 Å². The molecule has 0 bridgehead atoms. The van der Waals surface area contributed by atoms with Crippen LogP contribution in [0.2, 0.25) is 0 Å². The van der Waals surface area contributed by atoms with Gasteiger partial charge in [-0.15, -0.1) is 0 Å². The van der Waals surface area contributed by atoms with E-state index in [2.05, 4.69) is 64.1 Å². The fraction of sp³-hybridized carbons (Fsp3) is 0.407. The third kappa shape index (κ3) is 3.65. The van der Waals surface area contributed by atoms with Gasteiger partial charge in [-0.3, -0.25) is 0 Å². The molecule has 1 unspecified atom stereocenters. The Hall–Kier alpha value is -2.92. The number of nitrogens with one attached hydrogen (secondary N) is 2. The van der Waals surface area contributed by atoms with Gasteiger partial charge in [0, 0.05) is 42.1 Å². The Balaban J connectivity index is 1.27. The zero-order valence-corrected chi connectivity index (χ0v) is 18.6. The van der Waals surface area contributed by atoms with Gasteiger partial charge in [-0.05, 0) is 86.5 Å². The number of hydrogen-bond acceptors (Lipinski definition) is 5. The Kier molecular flexibility index (Phi) is 5.27. The first-order valence-electron chi connectivity index (χ1n) is 12.2. The second-order valence-electron chi connectivity index (χ2n) is 9.36. The summed E-state index contributed by atoms with van der Waals surface area (Å²) in [6.45, 7) is 4.52. The van der Waals surface area contributed by atoms with Crippen molar-refractivity contribution in [1.82, 2.24) is 15.3 Å². The van der Waals surface area contributed by atoms with E-state index >= 15 is 0 Å². The van der Waals surface area contributed by atoms with Gasteiger partial charge in [-0.1, -0.05) is 24.3 Å². The topological polar surface area (TPSA) is 53.1 Å². The third-order valence-electron chi connectivity index (χ3n) is 7.40. The molecule has 164 valence electrons. The van der Waals surface area contributed by atoms with Gasteiger partial charge in [0.05, 0.1) is 5.69 Å². The number of fused-ring (bicyclic) bond motifs is 3. The van der Waals surface area contributed by atoms with Crippen LogP contribution in [0.3, 0.4) is 0 Å². The Bertz CT molecular complexity index is 1080. The van der Waals surface area contributed by atoms with Crippen molar-refractivity contribution in [2.75, 3.05) is 36.4 Å². The van der Waals surface area contributed by atoms with Crippen LogP contribution in [-0.2, 0) is 0 Å². The number of anilines is 3. The smallest absolute Gasteiger partial charge is 0.227 e. The maximum Gasteiger partial charge on any atom is 0.227 e. The molecule has 5 heteroatoms. The molecule has 0 radical (unpaired) electrons. The van der Waals surface area contributed by atoms with Crippen molar-refractivity contribution in [3.05, 3.63) is 66.0 Å². The molecule has 3 aromatic rings. The minimum Gasteiger partial charge on any atom is -0.372 e. The van der Waals surface area contributed by atoms with Crippen molar-refractivity contribution in [2.24, 2.45) is 5.92 Å². The monoisotopic (exact) mass is 425 g/mol. The summed E-state index contributed by atoms with van der Waals surface area (Å²) in [5.74, 6) is 1.69. The minimum absolute atomic E-state index is 0.369. The molecule has 0 saturated carbocycles. The largest absolute Gasteiger partial charge is 0.372 e. The Morgan fingerprint density at radius 2 is 1.66 bits per heavy atom. The zero-order valence-electron chi connectivity index (χ0n) is 18.6. The Labute approximate surface area is 190 Å². The molecule has 1 atom stereocenters. The number of benzene rings is 2. The van der Waals surface area contributed by atoms with Crippen molar-refractivity contribution in [3.63, 3.8) is 0 Å². The van der Waals surface area contributed by atoms with Gasteiger partial charge < -0.3 is 15.5 Å². The van der Waals surface area contributed by atoms with Crippen molar-refractivity contribution in [2.45, 2.75) is 38.0 Å². The van der Waals surface area contributed by atoms with Crippen LogP contribution < -0.4 is 15.5 Å². The summed E-state index contributed by atoms with van der Waals surface area (Å²) in [6, 6.07) is 17.5. The highest BCUT2D eigenvalue weighted by atomic mass is 15.1. The first-order chi connectivity index (χ1) is 15.9. The van der Waals surface area contributed by atoms with Crippen LogP contribution >= 0.6 is 0 Å². The summed E-state index contributed by atoms with van der Waals surface area (Å²) < 4.78 is 0. The van der Waals surface area contributed by atoms with Gasteiger partial charge in [0.1, 0.15) is 0 Å². The molecule has 2 aliphatic heterocycles. The lowest BCUT2D eigenvalue weighted by atomic mass is 9.81. The Morgan fingerprint density at radius 1 is 0.875 bits per heavy atom. The van der Waals surface area contributed by atoms with E-state index in [1.165, 1.54) is 73.3 Å². The van der Waals surface area contributed by atoms with Crippen molar-refractivity contribution >= 4 is 17.3 Å². The van der Waals surface area contributed by atoms with Gasteiger partial charge in [0.25, 0.3) is 0 Å². The Morgan fingerprint density at radius 3 is 2.47 bits per heavy atom. The molecule has 2 saturated heterocycles. The van der Waals surface area contributed by atoms with Crippen LogP contribution in [0, 0.1) is 5.92 Å². The fourth-order valence-corrected chi connectivity index (χ4v) is 5.75. The van der Waals surface area contributed by atoms with Crippen LogP contribution in [0.15, 0.2) is 54.7 Å². The number of nitrogens with zero attached hydrogens (tertiary/aromatic N) is 3. The second kappa shape index (κ2) is 8.55. The molecular formula is C27H31N5. The number of piperidine rings is 2. The lowest BCUT2D eigenvalue weighted by Crippen LogP contribution is -2.31. The highest BCUT2D eigenvalue weighted by molar-refractivity contribution is 5.77. The van der Waals surface area contributed by atoms with Crippen LogP contribution in [0.5, 0.6) is 0 Å². The lowest BCUT2D eigenvalue weighted by Gasteiger charge is -2.29. The summed E-state index contributed by atoms with van der Waals surface area (Å²) in [5.41, 5.74) is 7.48. The summed E-state index contributed by atoms with van der Waals surface area (Å²) >= 11 is 0. The van der Waals surface area contributed by atoms with Crippen LogP contribution in [0.1, 0.15) is 49.3 Å². The van der Waals surface area contributed by atoms with Crippen molar-refractivity contribution < 1.29 is 0 Å². The highest BCUT2D eigenvalue weighted by Crippen LogP contribution is 2.49. The van der Waals surface area contributed by atoms with E-state index in [0.29, 0.717) is 17.8 Å². The predicted molar refractivity (Wildman–Crippen MR) is 131 cm³/mol. The molecular weight excluding hydrogens is 394 g/mol. The summed E-state index contributed by atoms with van der Waals surface area (Å²) in [7, 11) is 0.